The molecule has 0 spiro atoms. The smallest absolute Gasteiger partial charge is 0.0725 e. The Labute approximate surface area is 115 Å². The summed E-state index contributed by atoms with van der Waals surface area (Å²) in [7, 11) is 0. The van der Waals surface area contributed by atoms with Gasteiger partial charge in [0.15, 0.2) is 0 Å². The van der Waals surface area contributed by atoms with Crippen molar-refractivity contribution in [2.75, 3.05) is 0 Å². The first-order valence-electron chi connectivity index (χ1n) is 7.03. The Bertz CT molecular complexity index is 598. The average Bonchev–Trinajstić information content (AvgIpc) is 2.47. The Morgan fingerprint density at radius 2 is 1.63 bits per heavy atom. The maximum absolute atomic E-state index is 4.96. The molecule has 19 heavy (non-hydrogen) atoms. The molecule has 2 aromatic rings. The number of hydrogen-bond acceptors (Lipinski definition) is 1. The molecule has 3 rings (SSSR count). The van der Waals surface area contributed by atoms with Crippen LogP contribution in [0.4, 0.5) is 0 Å². The van der Waals surface area contributed by atoms with Crippen LogP contribution in [0.5, 0.6) is 0 Å². The maximum Gasteiger partial charge on any atom is 0.0725 e. The SMILES string of the molecule is CC[C@@H]1c2ccccc2C(c2ccccc2)=NC1C. The van der Waals surface area contributed by atoms with E-state index in [-0.39, 0.29) is 0 Å². The highest BCUT2D eigenvalue weighted by atomic mass is 14.8. The van der Waals surface area contributed by atoms with E-state index in [1.807, 2.05) is 0 Å². The lowest BCUT2D eigenvalue weighted by Gasteiger charge is -2.29. The fourth-order valence-electron chi connectivity index (χ4n) is 3.05. The Morgan fingerprint density at radius 1 is 0.947 bits per heavy atom. The second-order valence-corrected chi connectivity index (χ2v) is 5.19. The second-order valence-electron chi connectivity index (χ2n) is 5.19. The fraction of sp³-hybridized carbons (Fsp3) is 0.278. The molecule has 1 nitrogen and oxygen atoms in total. The highest BCUT2D eigenvalue weighted by molar-refractivity contribution is 6.14. The average molecular weight is 249 g/mol. The summed E-state index contributed by atoms with van der Waals surface area (Å²) in [4.78, 5) is 4.96. The first-order valence-corrected chi connectivity index (χ1v) is 7.03. The van der Waals surface area contributed by atoms with Crippen molar-refractivity contribution < 1.29 is 0 Å². The lowest BCUT2D eigenvalue weighted by molar-refractivity contribution is 0.547. The minimum Gasteiger partial charge on any atom is -0.280 e. The zero-order chi connectivity index (χ0) is 13.2. The quantitative estimate of drug-likeness (QED) is 0.747. The van der Waals surface area contributed by atoms with Crippen LogP contribution in [-0.2, 0) is 0 Å². The summed E-state index contributed by atoms with van der Waals surface area (Å²) >= 11 is 0. The number of benzene rings is 2. The first-order chi connectivity index (χ1) is 9.31. The molecule has 1 unspecified atom stereocenters. The van der Waals surface area contributed by atoms with Crippen molar-refractivity contribution in [3.8, 4) is 0 Å². The first kappa shape index (κ1) is 12.2. The van der Waals surface area contributed by atoms with Gasteiger partial charge in [0, 0.05) is 17.0 Å². The third-order valence-corrected chi connectivity index (χ3v) is 4.02. The van der Waals surface area contributed by atoms with Crippen LogP contribution in [0.15, 0.2) is 59.6 Å². The van der Waals surface area contributed by atoms with E-state index in [9.17, 15) is 0 Å². The van der Waals surface area contributed by atoms with Gasteiger partial charge in [-0.05, 0) is 18.9 Å². The molecule has 2 aromatic carbocycles. The van der Waals surface area contributed by atoms with Crippen molar-refractivity contribution in [3.05, 3.63) is 71.3 Å². The van der Waals surface area contributed by atoms with Gasteiger partial charge in [-0.15, -0.1) is 0 Å². The molecule has 96 valence electrons. The molecule has 0 saturated carbocycles. The molecule has 0 amide bonds. The van der Waals surface area contributed by atoms with Crippen LogP contribution < -0.4 is 0 Å². The van der Waals surface area contributed by atoms with E-state index >= 15 is 0 Å². The molecule has 1 heterocycles. The van der Waals surface area contributed by atoms with E-state index < -0.39 is 0 Å². The van der Waals surface area contributed by atoms with Crippen LogP contribution in [0.2, 0.25) is 0 Å². The van der Waals surface area contributed by atoms with Gasteiger partial charge in [-0.25, -0.2) is 0 Å². The van der Waals surface area contributed by atoms with Gasteiger partial charge in [-0.1, -0.05) is 61.5 Å². The summed E-state index contributed by atoms with van der Waals surface area (Å²) in [5.41, 5.74) is 5.12. The second kappa shape index (κ2) is 5.00. The van der Waals surface area contributed by atoms with Crippen molar-refractivity contribution in [1.82, 2.24) is 0 Å². The normalized spacial score (nSPS) is 21.7. The van der Waals surface area contributed by atoms with Crippen molar-refractivity contribution >= 4 is 5.71 Å². The van der Waals surface area contributed by atoms with Gasteiger partial charge in [0.05, 0.1) is 11.8 Å². The van der Waals surface area contributed by atoms with Crippen LogP contribution in [-0.4, -0.2) is 11.8 Å². The van der Waals surface area contributed by atoms with Crippen molar-refractivity contribution in [3.63, 3.8) is 0 Å². The summed E-state index contributed by atoms with van der Waals surface area (Å²) in [5, 5.41) is 0. The summed E-state index contributed by atoms with van der Waals surface area (Å²) in [6.07, 6.45) is 1.14. The molecule has 0 aliphatic carbocycles. The zero-order valence-corrected chi connectivity index (χ0v) is 11.5. The fourth-order valence-corrected chi connectivity index (χ4v) is 3.05. The summed E-state index contributed by atoms with van der Waals surface area (Å²) < 4.78 is 0. The molecule has 1 aliphatic heterocycles. The molecule has 1 aliphatic rings. The number of fused-ring (bicyclic) bond motifs is 1. The van der Waals surface area contributed by atoms with Crippen LogP contribution in [0.25, 0.3) is 0 Å². The molecular formula is C18H19N. The lowest BCUT2D eigenvalue weighted by atomic mass is 9.81. The minimum absolute atomic E-state index is 0.357. The number of hydrogen-bond donors (Lipinski definition) is 0. The number of nitrogens with zero attached hydrogens (tertiary/aromatic N) is 1. The Morgan fingerprint density at radius 3 is 2.37 bits per heavy atom. The van der Waals surface area contributed by atoms with Crippen LogP contribution in [0.1, 0.15) is 42.9 Å². The Hall–Kier alpha value is -1.89. The summed E-state index contributed by atoms with van der Waals surface area (Å²) in [6.45, 7) is 4.48. The number of aliphatic imine (C=N–C) groups is 1. The van der Waals surface area contributed by atoms with E-state index in [0.717, 1.165) is 12.1 Å². The highest BCUT2D eigenvalue weighted by Gasteiger charge is 2.27. The Kier molecular flexibility index (Phi) is 3.20. The summed E-state index contributed by atoms with van der Waals surface area (Å²) in [6, 6.07) is 19.6. The number of rotatable bonds is 2. The van der Waals surface area contributed by atoms with Gasteiger partial charge in [-0.2, -0.15) is 0 Å². The van der Waals surface area contributed by atoms with E-state index in [2.05, 4.69) is 68.4 Å². The predicted octanol–water partition coefficient (Wildman–Crippen LogP) is 4.42. The monoisotopic (exact) mass is 249 g/mol. The third kappa shape index (κ3) is 2.10. The van der Waals surface area contributed by atoms with Crippen LogP contribution in [0, 0.1) is 0 Å². The van der Waals surface area contributed by atoms with Gasteiger partial charge in [0.2, 0.25) is 0 Å². The molecule has 0 aromatic heterocycles. The van der Waals surface area contributed by atoms with E-state index in [1.54, 1.807) is 0 Å². The van der Waals surface area contributed by atoms with Gasteiger partial charge in [0.25, 0.3) is 0 Å². The molecule has 0 N–H and O–H groups in total. The van der Waals surface area contributed by atoms with E-state index in [4.69, 9.17) is 4.99 Å². The van der Waals surface area contributed by atoms with E-state index in [1.165, 1.54) is 16.7 Å². The molecular weight excluding hydrogens is 230 g/mol. The van der Waals surface area contributed by atoms with Gasteiger partial charge in [-0.3, -0.25) is 4.99 Å². The van der Waals surface area contributed by atoms with Crippen molar-refractivity contribution in [1.29, 1.82) is 0 Å². The maximum atomic E-state index is 4.96. The van der Waals surface area contributed by atoms with Crippen molar-refractivity contribution in [2.45, 2.75) is 32.2 Å². The molecule has 0 radical (unpaired) electrons. The largest absolute Gasteiger partial charge is 0.280 e. The van der Waals surface area contributed by atoms with Gasteiger partial charge < -0.3 is 0 Å². The van der Waals surface area contributed by atoms with Crippen LogP contribution >= 0.6 is 0 Å². The predicted molar refractivity (Wildman–Crippen MR) is 81.0 cm³/mol. The highest BCUT2D eigenvalue weighted by Crippen LogP contribution is 2.34. The zero-order valence-electron chi connectivity index (χ0n) is 11.5. The Balaban J connectivity index is 2.16. The lowest BCUT2D eigenvalue weighted by Crippen LogP contribution is -2.24. The van der Waals surface area contributed by atoms with Gasteiger partial charge >= 0.3 is 0 Å². The standard InChI is InChI=1S/C18H19N/c1-3-15-13(2)19-18(14-9-5-4-6-10-14)17-12-8-7-11-16(15)17/h4-13,15H,3H2,1-2H3/t13?,15-/m0/s1. The van der Waals surface area contributed by atoms with Gasteiger partial charge in [0.1, 0.15) is 0 Å². The van der Waals surface area contributed by atoms with Crippen LogP contribution in [0.3, 0.4) is 0 Å². The van der Waals surface area contributed by atoms with Crippen molar-refractivity contribution in [2.24, 2.45) is 4.99 Å². The molecule has 2 atom stereocenters. The molecule has 0 bridgehead atoms. The summed E-state index contributed by atoms with van der Waals surface area (Å²) in [5.74, 6) is 0.545. The molecule has 0 fully saturated rings. The minimum atomic E-state index is 0.357. The molecule has 0 saturated heterocycles. The third-order valence-electron chi connectivity index (χ3n) is 4.02. The molecule has 1 heteroatoms. The topological polar surface area (TPSA) is 12.4 Å². The van der Waals surface area contributed by atoms with E-state index in [0.29, 0.717) is 12.0 Å².